The number of rotatable bonds is 77. The Morgan fingerprint density at radius 3 is 0.701 bits per heavy atom. The Balaban J connectivity index is 5.24. The summed E-state index contributed by atoms with van der Waals surface area (Å²) in [6.45, 7) is 9.56. The minimum atomic E-state index is -4.96. The molecule has 0 aromatic rings. The fraction of sp³-hybridized carbons (Fsp3) is 0.949. The Labute approximate surface area is 594 Å². The van der Waals surface area contributed by atoms with E-state index in [-0.39, 0.29) is 25.7 Å². The number of ether oxygens (including phenoxy) is 4. The van der Waals surface area contributed by atoms with E-state index in [1.165, 1.54) is 218 Å². The third-order valence-corrected chi connectivity index (χ3v) is 20.1. The topological polar surface area (TPSA) is 237 Å². The highest BCUT2D eigenvalue weighted by Crippen LogP contribution is 2.45. The first-order valence-corrected chi connectivity index (χ1v) is 43.5. The van der Waals surface area contributed by atoms with Crippen molar-refractivity contribution in [2.45, 2.75) is 426 Å². The highest BCUT2D eigenvalue weighted by atomic mass is 31.2. The largest absolute Gasteiger partial charge is 0.472 e. The second-order valence-electron chi connectivity index (χ2n) is 29.1. The molecule has 0 aromatic heterocycles. The molecular weight excluding hydrogens is 1270 g/mol. The van der Waals surface area contributed by atoms with Gasteiger partial charge in [0.25, 0.3) is 0 Å². The van der Waals surface area contributed by atoms with E-state index in [0.29, 0.717) is 31.6 Å². The van der Waals surface area contributed by atoms with Gasteiger partial charge in [-0.1, -0.05) is 356 Å². The van der Waals surface area contributed by atoms with Crippen LogP contribution in [0.2, 0.25) is 0 Å². The molecule has 0 fully saturated rings. The normalized spacial score (nSPS) is 14.0. The third-order valence-electron chi connectivity index (χ3n) is 18.2. The third kappa shape index (κ3) is 72.2. The minimum Gasteiger partial charge on any atom is -0.462 e. The number of carbonyl (C=O) groups is 4. The summed E-state index contributed by atoms with van der Waals surface area (Å²) in [4.78, 5) is 72.9. The van der Waals surface area contributed by atoms with E-state index < -0.39 is 97.5 Å². The number of aliphatic hydroxyl groups excluding tert-OH is 1. The first kappa shape index (κ1) is 95.1. The van der Waals surface area contributed by atoms with Gasteiger partial charge < -0.3 is 33.8 Å². The van der Waals surface area contributed by atoms with Crippen LogP contribution in [0.1, 0.15) is 408 Å². The van der Waals surface area contributed by atoms with Crippen LogP contribution >= 0.6 is 15.6 Å². The van der Waals surface area contributed by atoms with E-state index in [0.717, 1.165) is 102 Å². The van der Waals surface area contributed by atoms with Gasteiger partial charge in [0.05, 0.1) is 26.4 Å². The van der Waals surface area contributed by atoms with Crippen LogP contribution in [0.3, 0.4) is 0 Å². The minimum absolute atomic E-state index is 0.106. The molecule has 0 saturated heterocycles. The Kier molecular flexibility index (Phi) is 68.4. The zero-order valence-corrected chi connectivity index (χ0v) is 65.2. The number of hydrogen-bond acceptors (Lipinski definition) is 15. The lowest BCUT2D eigenvalue weighted by atomic mass is 10.0. The summed E-state index contributed by atoms with van der Waals surface area (Å²) in [5.41, 5.74) is 0. The molecule has 97 heavy (non-hydrogen) atoms. The highest BCUT2D eigenvalue weighted by molar-refractivity contribution is 7.47. The predicted molar refractivity (Wildman–Crippen MR) is 395 cm³/mol. The Morgan fingerprint density at radius 2 is 0.474 bits per heavy atom. The Morgan fingerprint density at radius 1 is 0.278 bits per heavy atom. The highest BCUT2D eigenvalue weighted by Gasteiger charge is 2.30. The lowest BCUT2D eigenvalue weighted by Gasteiger charge is -2.21. The van der Waals surface area contributed by atoms with Crippen LogP contribution < -0.4 is 0 Å². The summed E-state index contributed by atoms with van der Waals surface area (Å²) in [7, 11) is -9.91. The SMILES string of the molecule is CCCCCCCCCCCCCCCCCCCCC(=O)O[C@H](COC(=O)CCCCCCCCCCCCCCCCC)COP(=O)(O)OC[C@@H](O)COP(=O)(O)OC[C@@H](COC(=O)CCCCCCCCCC(C)C)OC(=O)CCCCCCCCCCCCCC(C)C. The Bertz CT molecular complexity index is 1870. The molecule has 0 aliphatic carbocycles. The monoisotopic (exact) mass is 1420 g/mol. The van der Waals surface area contributed by atoms with E-state index in [4.69, 9.17) is 37.0 Å². The van der Waals surface area contributed by atoms with Crippen LogP contribution in [0.15, 0.2) is 0 Å². The van der Waals surface area contributed by atoms with Crippen molar-refractivity contribution in [1.82, 2.24) is 0 Å². The molecule has 0 amide bonds. The quantitative estimate of drug-likeness (QED) is 0.0222. The molecule has 2 unspecified atom stereocenters. The van der Waals surface area contributed by atoms with Crippen LogP contribution in [-0.4, -0.2) is 96.7 Å². The van der Waals surface area contributed by atoms with Gasteiger partial charge >= 0.3 is 39.5 Å². The number of phosphoric ester groups is 2. The average Bonchev–Trinajstić information content (AvgIpc) is 2.10. The molecule has 0 aromatic carbocycles. The van der Waals surface area contributed by atoms with Gasteiger partial charge in [0.15, 0.2) is 12.2 Å². The van der Waals surface area contributed by atoms with Crippen molar-refractivity contribution in [2.24, 2.45) is 11.8 Å². The molecule has 0 bridgehead atoms. The number of aliphatic hydroxyl groups is 1. The van der Waals surface area contributed by atoms with E-state index in [1.807, 2.05) is 0 Å². The molecule has 0 spiro atoms. The van der Waals surface area contributed by atoms with Gasteiger partial charge in [0.1, 0.15) is 19.3 Å². The van der Waals surface area contributed by atoms with Gasteiger partial charge in [-0.25, -0.2) is 9.13 Å². The maximum absolute atomic E-state index is 13.1. The number of unbranched alkanes of at least 4 members (excludes halogenated alkanes) is 47. The van der Waals surface area contributed by atoms with E-state index >= 15 is 0 Å². The molecule has 0 heterocycles. The molecular formula is C78H152O17P2. The Hall–Kier alpha value is -1.94. The zero-order valence-electron chi connectivity index (χ0n) is 63.4. The molecule has 0 saturated carbocycles. The maximum atomic E-state index is 13.1. The molecule has 17 nitrogen and oxygen atoms in total. The average molecular weight is 1420 g/mol. The number of carbonyl (C=O) groups excluding carboxylic acids is 4. The molecule has 0 radical (unpaired) electrons. The van der Waals surface area contributed by atoms with Gasteiger partial charge in [-0.15, -0.1) is 0 Å². The van der Waals surface area contributed by atoms with Crippen molar-refractivity contribution in [3.8, 4) is 0 Å². The van der Waals surface area contributed by atoms with Gasteiger partial charge in [-0.2, -0.15) is 0 Å². The summed E-state index contributed by atoms with van der Waals surface area (Å²) in [5, 5.41) is 10.6. The van der Waals surface area contributed by atoms with E-state index in [2.05, 4.69) is 41.5 Å². The molecule has 0 rings (SSSR count). The van der Waals surface area contributed by atoms with Crippen LogP contribution in [-0.2, 0) is 65.4 Å². The summed E-state index contributed by atoms with van der Waals surface area (Å²) in [6.07, 6.45) is 58.3. The molecule has 3 N–H and O–H groups in total. The molecule has 576 valence electrons. The van der Waals surface area contributed by atoms with Gasteiger partial charge in [-0.05, 0) is 37.5 Å². The first-order chi connectivity index (χ1) is 46.9. The fourth-order valence-corrected chi connectivity index (χ4v) is 13.6. The second-order valence-corrected chi connectivity index (χ2v) is 32.0. The molecule has 0 aliphatic heterocycles. The molecule has 5 atom stereocenters. The summed E-state index contributed by atoms with van der Waals surface area (Å²) >= 11 is 0. The van der Waals surface area contributed by atoms with Crippen LogP contribution in [0, 0.1) is 11.8 Å². The van der Waals surface area contributed by atoms with Crippen molar-refractivity contribution < 1.29 is 80.2 Å². The van der Waals surface area contributed by atoms with Gasteiger partial charge in [0.2, 0.25) is 0 Å². The standard InChI is InChI=1S/C78H152O17P2/c1-7-9-11-13-15-17-19-21-23-24-25-27-29-33-37-43-50-56-62-77(82)94-73(66-88-75(80)60-54-48-42-36-32-28-26-22-20-18-16-14-12-10-8-2)68-92-96(84,85)90-64-72(79)65-91-97(86,87)93-69-74(67-89-76(81)61-55-49-45-39-41-47-53-59-71(5)6)95-78(83)63-57-51-44-38-34-30-31-35-40-46-52-58-70(3)4/h70-74,79H,7-69H2,1-6H3,(H,84,85)(H,86,87)/t72-,73-,74-/m1/s1. The van der Waals surface area contributed by atoms with Gasteiger partial charge in [-0.3, -0.25) is 37.3 Å². The summed E-state index contributed by atoms with van der Waals surface area (Å²) < 4.78 is 68.6. The van der Waals surface area contributed by atoms with E-state index in [9.17, 15) is 43.2 Å². The van der Waals surface area contributed by atoms with E-state index in [1.54, 1.807) is 0 Å². The van der Waals surface area contributed by atoms with Crippen LogP contribution in [0.5, 0.6) is 0 Å². The zero-order chi connectivity index (χ0) is 71.4. The maximum Gasteiger partial charge on any atom is 0.472 e. The smallest absolute Gasteiger partial charge is 0.462 e. The number of hydrogen-bond donors (Lipinski definition) is 3. The van der Waals surface area contributed by atoms with Crippen molar-refractivity contribution in [3.63, 3.8) is 0 Å². The molecule has 19 heteroatoms. The fourth-order valence-electron chi connectivity index (χ4n) is 12.0. The summed E-state index contributed by atoms with van der Waals surface area (Å²) in [6, 6.07) is 0. The van der Waals surface area contributed by atoms with Crippen molar-refractivity contribution in [1.29, 1.82) is 0 Å². The van der Waals surface area contributed by atoms with Crippen molar-refractivity contribution in [3.05, 3.63) is 0 Å². The van der Waals surface area contributed by atoms with Gasteiger partial charge in [0, 0.05) is 25.7 Å². The lowest BCUT2D eigenvalue weighted by Crippen LogP contribution is -2.30. The number of phosphoric acid groups is 2. The lowest BCUT2D eigenvalue weighted by molar-refractivity contribution is -0.161. The van der Waals surface area contributed by atoms with Crippen LogP contribution in [0.4, 0.5) is 0 Å². The summed E-state index contributed by atoms with van der Waals surface area (Å²) in [5.74, 6) is -0.642. The first-order valence-electron chi connectivity index (χ1n) is 40.5. The van der Waals surface area contributed by atoms with Crippen molar-refractivity contribution in [2.75, 3.05) is 39.6 Å². The second kappa shape index (κ2) is 69.8. The van der Waals surface area contributed by atoms with Crippen LogP contribution in [0.25, 0.3) is 0 Å². The van der Waals surface area contributed by atoms with Crippen molar-refractivity contribution >= 4 is 39.5 Å². The number of esters is 4. The molecule has 0 aliphatic rings. The predicted octanol–water partition coefficient (Wildman–Crippen LogP) is 23.1.